The number of thioether (sulfide) groups is 1. The van der Waals surface area contributed by atoms with Crippen LogP contribution < -0.4 is 5.32 Å². The van der Waals surface area contributed by atoms with Gasteiger partial charge < -0.3 is 14.2 Å². The SMILES string of the molecule is O=C(CSc1nncs1)Nc1nc(-c2ccco2)c(-c2ccco2)s1. The van der Waals surface area contributed by atoms with Crippen molar-refractivity contribution in [3.63, 3.8) is 0 Å². The largest absolute Gasteiger partial charge is 0.463 e. The molecule has 4 aromatic heterocycles. The second-order valence-electron chi connectivity index (χ2n) is 4.69. The molecule has 0 atom stereocenters. The van der Waals surface area contributed by atoms with E-state index in [0.29, 0.717) is 22.3 Å². The predicted octanol–water partition coefficient (Wildman–Crippen LogP) is 4.25. The molecule has 0 aliphatic carbocycles. The van der Waals surface area contributed by atoms with Gasteiger partial charge in [-0.1, -0.05) is 34.4 Å². The van der Waals surface area contributed by atoms with Crippen LogP contribution in [-0.4, -0.2) is 26.8 Å². The van der Waals surface area contributed by atoms with Crippen LogP contribution in [0.15, 0.2) is 55.5 Å². The lowest BCUT2D eigenvalue weighted by atomic mass is 10.2. The molecule has 0 unspecified atom stereocenters. The molecule has 0 saturated carbocycles. The minimum Gasteiger partial charge on any atom is -0.463 e. The zero-order chi connectivity index (χ0) is 17.1. The van der Waals surface area contributed by atoms with Gasteiger partial charge in [-0.05, 0) is 24.3 Å². The first kappa shape index (κ1) is 16.1. The highest BCUT2D eigenvalue weighted by Gasteiger charge is 2.20. The Labute approximate surface area is 154 Å². The molecule has 0 aliphatic rings. The van der Waals surface area contributed by atoms with Gasteiger partial charge in [0.15, 0.2) is 15.2 Å². The molecule has 126 valence electrons. The van der Waals surface area contributed by atoms with Gasteiger partial charge in [0.1, 0.15) is 21.8 Å². The minimum atomic E-state index is -0.161. The molecule has 0 aliphatic heterocycles. The highest BCUT2D eigenvalue weighted by Crippen LogP contribution is 2.39. The molecule has 0 aromatic carbocycles. The van der Waals surface area contributed by atoms with Gasteiger partial charge in [-0.15, -0.1) is 10.2 Å². The van der Waals surface area contributed by atoms with Crippen molar-refractivity contribution in [1.82, 2.24) is 15.2 Å². The van der Waals surface area contributed by atoms with E-state index < -0.39 is 0 Å². The average Bonchev–Trinajstić information content (AvgIpc) is 3.40. The zero-order valence-electron chi connectivity index (χ0n) is 12.5. The van der Waals surface area contributed by atoms with Gasteiger partial charge in [0, 0.05) is 0 Å². The Balaban J connectivity index is 1.54. The summed E-state index contributed by atoms with van der Waals surface area (Å²) in [4.78, 5) is 17.4. The molecule has 0 fully saturated rings. The maximum atomic E-state index is 12.1. The Morgan fingerprint density at radius 3 is 2.68 bits per heavy atom. The van der Waals surface area contributed by atoms with E-state index in [2.05, 4.69) is 20.5 Å². The van der Waals surface area contributed by atoms with Gasteiger partial charge in [0.25, 0.3) is 0 Å². The quantitative estimate of drug-likeness (QED) is 0.492. The van der Waals surface area contributed by atoms with Crippen LogP contribution in [0.1, 0.15) is 0 Å². The predicted molar refractivity (Wildman–Crippen MR) is 96.8 cm³/mol. The van der Waals surface area contributed by atoms with Crippen molar-refractivity contribution in [1.29, 1.82) is 0 Å². The van der Waals surface area contributed by atoms with Crippen LogP contribution in [0.25, 0.3) is 22.1 Å². The second-order valence-corrected chi connectivity index (χ2v) is 7.75. The molecular weight excluding hydrogens is 380 g/mol. The van der Waals surface area contributed by atoms with E-state index in [0.717, 1.165) is 9.22 Å². The van der Waals surface area contributed by atoms with Crippen molar-refractivity contribution in [2.75, 3.05) is 11.1 Å². The lowest BCUT2D eigenvalue weighted by Gasteiger charge is -1.98. The molecule has 7 nitrogen and oxygen atoms in total. The van der Waals surface area contributed by atoms with Crippen LogP contribution >= 0.6 is 34.4 Å². The monoisotopic (exact) mass is 390 g/mol. The van der Waals surface area contributed by atoms with Gasteiger partial charge in [0.05, 0.1) is 18.3 Å². The number of amides is 1. The summed E-state index contributed by atoms with van der Waals surface area (Å²) in [6, 6.07) is 7.25. The summed E-state index contributed by atoms with van der Waals surface area (Å²) in [5, 5.41) is 10.9. The van der Waals surface area contributed by atoms with Crippen LogP contribution in [0.3, 0.4) is 0 Å². The molecule has 1 N–H and O–H groups in total. The molecule has 4 aromatic rings. The van der Waals surface area contributed by atoms with Crippen LogP contribution in [0.2, 0.25) is 0 Å². The van der Waals surface area contributed by atoms with Gasteiger partial charge in [0.2, 0.25) is 5.91 Å². The summed E-state index contributed by atoms with van der Waals surface area (Å²) in [6.45, 7) is 0. The summed E-state index contributed by atoms with van der Waals surface area (Å²) < 4.78 is 11.7. The molecule has 0 bridgehead atoms. The van der Waals surface area contributed by atoms with E-state index in [1.54, 1.807) is 30.2 Å². The zero-order valence-corrected chi connectivity index (χ0v) is 15.0. The fourth-order valence-electron chi connectivity index (χ4n) is 2.04. The van der Waals surface area contributed by atoms with E-state index in [9.17, 15) is 4.79 Å². The highest BCUT2D eigenvalue weighted by molar-refractivity contribution is 8.01. The van der Waals surface area contributed by atoms with Gasteiger partial charge in [-0.25, -0.2) is 4.98 Å². The summed E-state index contributed by atoms with van der Waals surface area (Å²) in [5.41, 5.74) is 2.27. The van der Waals surface area contributed by atoms with Crippen molar-refractivity contribution in [3.05, 3.63) is 42.3 Å². The molecule has 10 heteroatoms. The normalized spacial score (nSPS) is 10.9. The number of nitrogens with zero attached hydrogens (tertiary/aromatic N) is 3. The standard InChI is InChI=1S/C15H10N4O3S3/c20-11(7-23-15-19-16-8-24-15)17-14-18-12(9-3-1-5-21-9)13(25-14)10-4-2-6-22-10/h1-6,8H,7H2,(H,17,18,20). The highest BCUT2D eigenvalue weighted by atomic mass is 32.2. The molecule has 0 spiro atoms. The molecule has 1 amide bonds. The number of thiazole rings is 1. The van der Waals surface area contributed by atoms with Gasteiger partial charge in [-0.2, -0.15) is 0 Å². The number of nitrogens with one attached hydrogen (secondary N) is 1. The number of hydrogen-bond donors (Lipinski definition) is 1. The van der Waals surface area contributed by atoms with E-state index in [1.165, 1.54) is 34.4 Å². The Morgan fingerprint density at radius 1 is 1.20 bits per heavy atom. The van der Waals surface area contributed by atoms with Crippen LogP contribution in [0, 0.1) is 0 Å². The number of anilines is 1. The first-order valence-corrected chi connectivity index (χ1v) is 9.75. The Morgan fingerprint density at radius 2 is 2.00 bits per heavy atom. The summed E-state index contributed by atoms with van der Waals surface area (Å²) >= 11 is 4.07. The number of carbonyl (C=O) groups is 1. The molecule has 0 saturated heterocycles. The van der Waals surface area contributed by atoms with Crippen molar-refractivity contribution < 1.29 is 13.6 Å². The fraction of sp³-hybridized carbons (Fsp3) is 0.0667. The Bertz CT molecular complexity index is 895. The van der Waals surface area contributed by atoms with E-state index >= 15 is 0 Å². The van der Waals surface area contributed by atoms with Crippen LogP contribution in [-0.2, 0) is 4.79 Å². The molecule has 0 radical (unpaired) electrons. The molecule has 25 heavy (non-hydrogen) atoms. The lowest BCUT2D eigenvalue weighted by molar-refractivity contribution is -0.113. The van der Waals surface area contributed by atoms with Crippen molar-refractivity contribution in [2.45, 2.75) is 4.34 Å². The van der Waals surface area contributed by atoms with E-state index in [1.807, 2.05) is 12.1 Å². The Kier molecular flexibility index (Phi) is 4.63. The summed E-state index contributed by atoms with van der Waals surface area (Å²) in [5.74, 6) is 1.37. The van der Waals surface area contributed by atoms with Gasteiger partial charge in [-0.3, -0.25) is 4.79 Å². The third-order valence-corrected chi connectivity index (χ3v) is 5.89. The fourth-order valence-corrected chi connectivity index (χ4v) is 4.28. The second kappa shape index (κ2) is 7.21. The van der Waals surface area contributed by atoms with Crippen molar-refractivity contribution >= 4 is 45.5 Å². The van der Waals surface area contributed by atoms with Crippen molar-refractivity contribution in [2.24, 2.45) is 0 Å². The minimum absolute atomic E-state index is 0.161. The smallest absolute Gasteiger partial charge is 0.236 e. The molecular formula is C15H10N4O3S3. The summed E-state index contributed by atoms with van der Waals surface area (Å²) in [6.07, 6.45) is 3.18. The number of rotatable bonds is 6. The lowest BCUT2D eigenvalue weighted by Crippen LogP contribution is -2.13. The first-order valence-electron chi connectivity index (χ1n) is 7.07. The summed E-state index contributed by atoms with van der Waals surface area (Å²) in [7, 11) is 0. The van der Waals surface area contributed by atoms with Crippen LogP contribution in [0.5, 0.6) is 0 Å². The van der Waals surface area contributed by atoms with Crippen molar-refractivity contribution in [3.8, 4) is 22.1 Å². The number of furan rings is 2. The first-order chi connectivity index (χ1) is 12.3. The van der Waals surface area contributed by atoms with Gasteiger partial charge >= 0.3 is 0 Å². The molecule has 4 rings (SSSR count). The van der Waals surface area contributed by atoms with Crippen LogP contribution in [0.4, 0.5) is 5.13 Å². The third-order valence-electron chi connectivity index (χ3n) is 3.04. The maximum Gasteiger partial charge on any atom is 0.236 e. The Hall–Kier alpha value is -2.43. The number of aromatic nitrogens is 3. The van der Waals surface area contributed by atoms with E-state index in [-0.39, 0.29) is 11.7 Å². The average molecular weight is 390 g/mol. The number of carbonyl (C=O) groups excluding carboxylic acids is 1. The maximum absolute atomic E-state index is 12.1. The van der Waals surface area contributed by atoms with E-state index in [4.69, 9.17) is 8.83 Å². The topological polar surface area (TPSA) is 94.1 Å². The molecule has 4 heterocycles. The third kappa shape index (κ3) is 3.65. The number of hydrogen-bond acceptors (Lipinski definition) is 9.